The molecule has 17 nitrogen and oxygen atoms in total. The van der Waals surface area contributed by atoms with Crippen LogP contribution < -0.4 is 5.32 Å². The molecule has 9 N–H and O–H groups in total. The zero-order valence-electron chi connectivity index (χ0n) is 40.1. The quantitative estimate of drug-likeness (QED) is 0.113. The first-order chi connectivity index (χ1) is 30.9. The van der Waals surface area contributed by atoms with Crippen LogP contribution in [0, 0.1) is 45.3 Å². The van der Waals surface area contributed by atoms with Crippen molar-refractivity contribution < 1.29 is 78.9 Å². The topological polar surface area (TPSA) is 263 Å². The third kappa shape index (κ3) is 8.87. The molecule has 0 bridgehead atoms. The van der Waals surface area contributed by atoms with Gasteiger partial charge in [0.1, 0.15) is 61.0 Å². The van der Waals surface area contributed by atoms with Crippen LogP contribution in [0.1, 0.15) is 120 Å². The van der Waals surface area contributed by atoms with E-state index in [0.717, 1.165) is 44.1 Å². The standard InChI is InChI=1S/C49H79NO16/c1-23(2)24(3)10-11-25(4)27-15-19-49(45(59)60)29-12-13-33-46(6,7)34(16-17-47(33,8)28(29)14-18-48(27,49)9)64-44-41(66-42-35(50-26(5)52)38(57)37(56)32(20-51)63-42)40(31(54)22-62-44)65-43-39(58)36(55)30(53)21-61-43/h23,25,27,30-44,51,53-58H,3,10-22H2,1-2,4-9H3,(H,50,52)(H,59,60)/t25-,27-,30+,31+,32-,33+,34+,35-,36+,37-,38+,39-,40+,41-,42+,43+,44+,47-,48-,49+/m1/s1. The van der Waals surface area contributed by atoms with Gasteiger partial charge in [-0.05, 0) is 104 Å². The maximum Gasteiger partial charge on any atom is 0.314 e. The van der Waals surface area contributed by atoms with Gasteiger partial charge in [0.05, 0.1) is 31.3 Å². The molecule has 1 amide bonds. The number of aliphatic carboxylic acids is 1. The molecular weight excluding hydrogens is 859 g/mol. The van der Waals surface area contributed by atoms with Gasteiger partial charge >= 0.3 is 5.97 Å². The lowest BCUT2D eigenvalue weighted by Gasteiger charge is -2.62. The van der Waals surface area contributed by atoms with Gasteiger partial charge in [0, 0.05) is 6.92 Å². The SMILES string of the molecule is C=C(CC[C@@H](C)[C@H]1CC[C@@]2(C(=O)O)C3=C(CC[C@]12C)[C@@]1(C)CC[C@H](O[C@@H]2OC[C@H](O)[C@H](O[C@@H]4OC[C@H](O)[C@H](O)[C@H]4O)[C@H]2O[C@@H]2O[C@H](CO)[C@@H](O)[C@@H](O)[C@H]2NC(C)=O)C(C)(C)[C@@H]1CC3)C(C)C. The molecule has 2 saturated carbocycles. The van der Waals surface area contributed by atoms with Crippen LogP contribution in [-0.2, 0) is 38.0 Å². The fourth-order valence-corrected chi connectivity index (χ4v) is 14.0. The number of aliphatic hydroxyl groups excluding tert-OH is 7. The van der Waals surface area contributed by atoms with Gasteiger partial charge in [-0.3, -0.25) is 9.59 Å². The van der Waals surface area contributed by atoms with E-state index in [2.05, 4.69) is 60.4 Å². The van der Waals surface area contributed by atoms with E-state index in [1.807, 2.05) is 0 Å². The van der Waals surface area contributed by atoms with E-state index in [0.29, 0.717) is 37.5 Å². The molecule has 5 fully saturated rings. The number of nitrogens with one attached hydrogen (secondary N) is 1. The number of rotatable bonds is 14. The van der Waals surface area contributed by atoms with Crippen molar-refractivity contribution in [1.29, 1.82) is 0 Å². The first-order valence-electron chi connectivity index (χ1n) is 24.4. The second kappa shape index (κ2) is 19.6. The lowest BCUT2D eigenvalue weighted by Crippen LogP contribution is -2.68. The Balaban J connectivity index is 1.17. The summed E-state index contributed by atoms with van der Waals surface area (Å²) in [7, 11) is 0. The third-order valence-corrected chi connectivity index (χ3v) is 18.0. The molecule has 66 heavy (non-hydrogen) atoms. The Morgan fingerprint density at radius 2 is 1.45 bits per heavy atom. The van der Waals surface area contributed by atoms with Crippen LogP contribution in [0.2, 0.25) is 0 Å². The van der Waals surface area contributed by atoms with E-state index in [1.54, 1.807) is 0 Å². The highest BCUT2D eigenvalue weighted by atomic mass is 16.8. The van der Waals surface area contributed by atoms with Gasteiger partial charge < -0.3 is 74.6 Å². The van der Waals surface area contributed by atoms with Gasteiger partial charge in [-0.15, -0.1) is 0 Å². The highest BCUT2D eigenvalue weighted by Gasteiger charge is 2.68. The highest BCUT2D eigenvalue weighted by Crippen LogP contribution is 2.73. The molecule has 20 atom stereocenters. The van der Waals surface area contributed by atoms with Crippen LogP contribution in [0.4, 0.5) is 0 Å². The van der Waals surface area contributed by atoms with E-state index in [-0.39, 0.29) is 35.9 Å². The molecule has 0 aromatic carbocycles. The van der Waals surface area contributed by atoms with Crippen LogP contribution in [-0.4, -0.2) is 159 Å². The van der Waals surface area contributed by atoms with Gasteiger partial charge in [-0.1, -0.05) is 71.8 Å². The van der Waals surface area contributed by atoms with Crippen LogP contribution in [0.15, 0.2) is 23.3 Å². The molecule has 3 heterocycles. The van der Waals surface area contributed by atoms with Crippen LogP contribution in [0.3, 0.4) is 0 Å². The number of carbonyl (C=O) groups excluding carboxylic acids is 1. The molecule has 0 aromatic heterocycles. The minimum absolute atomic E-state index is 0.0722. The molecular formula is C49H79NO16. The highest BCUT2D eigenvalue weighted by molar-refractivity contribution is 5.82. The van der Waals surface area contributed by atoms with Crippen LogP contribution >= 0.6 is 0 Å². The summed E-state index contributed by atoms with van der Waals surface area (Å²) in [6.07, 6.45) is -10.8. The molecule has 4 aliphatic carbocycles. The monoisotopic (exact) mass is 938 g/mol. The minimum Gasteiger partial charge on any atom is -0.481 e. The van der Waals surface area contributed by atoms with Crippen molar-refractivity contribution in [2.75, 3.05) is 19.8 Å². The number of carbonyl (C=O) groups is 2. The van der Waals surface area contributed by atoms with Crippen molar-refractivity contribution in [3.63, 3.8) is 0 Å². The third-order valence-electron chi connectivity index (χ3n) is 18.0. The van der Waals surface area contributed by atoms with Gasteiger partial charge in [0.15, 0.2) is 18.9 Å². The normalized spacial score (nSPS) is 46.2. The lowest BCUT2D eigenvalue weighted by atomic mass is 9.43. The summed E-state index contributed by atoms with van der Waals surface area (Å²) in [4.78, 5) is 26.3. The molecule has 376 valence electrons. The Labute approximate surface area is 389 Å². The maximum atomic E-state index is 13.9. The second-order valence-electron chi connectivity index (χ2n) is 22.2. The number of aliphatic hydroxyl groups is 7. The molecule has 7 rings (SSSR count). The van der Waals surface area contributed by atoms with Crippen molar-refractivity contribution in [1.82, 2.24) is 5.32 Å². The Morgan fingerprint density at radius 3 is 2.11 bits per heavy atom. The van der Waals surface area contributed by atoms with Crippen LogP contribution in [0.25, 0.3) is 0 Å². The Hall–Kier alpha value is -2.10. The zero-order chi connectivity index (χ0) is 48.4. The summed E-state index contributed by atoms with van der Waals surface area (Å²) < 4.78 is 37.3. The summed E-state index contributed by atoms with van der Waals surface area (Å²) in [6, 6.07) is -1.37. The number of hydrogen-bond acceptors (Lipinski definition) is 15. The van der Waals surface area contributed by atoms with Crippen molar-refractivity contribution in [3.8, 4) is 0 Å². The summed E-state index contributed by atoms with van der Waals surface area (Å²) >= 11 is 0. The zero-order valence-corrected chi connectivity index (χ0v) is 40.1. The number of fused-ring (bicyclic) bond motifs is 4. The molecule has 0 spiro atoms. The Bertz CT molecular complexity index is 1810. The molecule has 0 unspecified atom stereocenters. The van der Waals surface area contributed by atoms with Crippen molar-refractivity contribution in [2.45, 2.75) is 206 Å². The van der Waals surface area contributed by atoms with E-state index < -0.39 is 115 Å². The number of carboxylic acid groups (broad SMARTS) is 1. The van der Waals surface area contributed by atoms with Crippen molar-refractivity contribution >= 4 is 11.9 Å². The lowest BCUT2D eigenvalue weighted by molar-refractivity contribution is -0.376. The minimum atomic E-state index is -1.73. The number of amides is 1. The second-order valence-corrected chi connectivity index (χ2v) is 22.2. The predicted octanol–water partition coefficient (Wildman–Crippen LogP) is 2.68. The molecule has 3 aliphatic heterocycles. The summed E-state index contributed by atoms with van der Waals surface area (Å²) in [5, 5.41) is 88.9. The van der Waals surface area contributed by atoms with E-state index in [9.17, 15) is 50.4 Å². The van der Waals surface area contributed by atoms with E-state index in [4.69, 9.17) is 28.4 Å². The molecule has 3 saturated heterocycles. The smallest absolute Gasteiger partial charge is 0.314 e. The maximum absolute atomic E-state index is 13.9. The van der Waals surface area contributed by atoms with E-state index in [1.165, 1.54) is 18.1 Å². The molecule has 0 radical (unpaired) electrons. The number of allylic oxidation sites excluding steroid dienone is 2. The predicted molar refractivity (Wildman–Crippen MR) is 237 cm³/mol. The Morgan fingerprint density at radius 1 is 0.788 bits per heavy atom. The molecule has 0 aromatic rings. The fourth-order valence-electron chi connectivity index (χ4n) is 14.0. The summed E-state index contributed by atoms with van der Waals surface area (Å²) in [5.41, 5.74) is 1.50. The average molecular weight is 938 g/mol. The number of ether oxygens (including phenoxy) is 6. The van der Waals surface area contributed by atoms with E-state index >= 15 is 0 Å². The number of carboxylic acids is 1. The molecule has 7 aliphatic rings. The van der Waals surface area contributed by atoms with Gasteiger partial charge in [-0.2, -0.15) is 0 Å². The Kier molecular flexibility index (Phi) is 15.4. The summed E-state index contributed by atoms with van der Waals surface area (Å²) in [6.45, 7) is 19.6. The van der Waals surface area contributed by atoms with Gasteiger partial charge in [-0.25, -0.2) is 0 Å². The molecule has 17 heteroatoms. The fraction of sp³-hybridized carbons (Fsp3) is 0.878. The van der Waals surface area contributed by atoms with Crippen molar-refractivity contribution in [2.24, 2.45) is 45.3 Å². The average Bonchev–Trinajstić information content (AvgIpc) is 3.59. The van der Waals surface area contributed by atoms with Crippen molar-refractivity contribution in [3.05, 3.63) is 23.3 Å². The van der Waals surface area contributed by atoms with Crippen LogP contribution in [0.5, 0.6) is 0 Å². The summed E-state index contributed by atoms with van der Waals surface area (Å²) in [5.74, 6) is -0.159. The largest absolute Gasteiger partial charge is 0.481 e. The first-order valence-corrected chi connectivity index (χ1v) is 24.4. The number of hydrogen-bond donors (Lipinski definition) is 9. The van der Waals surface area contributed by atoms with Gasteiger partial charge in [0.2, 0.25) is 5.91 Å². The first kappa shape index (κ1) is 51.7. The van der Waals surface area contributed by atoms with Gasteiger partial charge in [0.25, 0.3) is 0 Å².